The molecule has 0 aliphatic carbocycles. The Hall–Kier alpha value is -0.720. The molecule has 0 unspecified atom stereocenters. The highest BCUT2D eigenvalue weighted by Gasteiger charge is 2.67. The SMILES string of the molecule is CC(N(F)F)(N(F)F)C(C)(N(F)F)N(F)F. The van der Waals surface area contributed by atoms with Gasteiger partial charge >= 0.3 is 0 Å². The maximum absolute atomic E-state index is 12.1. The fourth-order valence-corrected chi connectivity index (χ4v) is 0.755. The van der Waals surface area contributed by atoms with Crippen LogP contribution in [0.3, 0.4) is 0 Å². The molecular formula is C4H6F8N4. The van der Waals surface area contributed by atoms with Crippen molar-refractivity contribution in [2.75, 3.05) is 0 Å². The molecule has 0 bridgehead atoms. The summed E-state index contributed by atoms with van der Waals surface area (Å²) >= 11 is 0. The second kappa shape index (κ2) is 4.65. The molecule has 98 valence electrons. The molecule has 0 aliphatic heterocycles. The van der Waals surface area contributed by atoms with Crippen molar-refractivity contribution in [1.82, 2.24) is 21.4 Å². The third-order valence-corrected chi connectivity index (χ3v) is 2.21. The van der Waals surface area contributed by atoms with E-state index in [1.54, 1.807) is 0 Å². The van der Waals surface area contributed by atoms with Gasteiger partial charge in [0, 0.05) is 0 Å². The van der Waals surface area contributed by atoms with Crippen LogP contribution < -0.4 is 0 Å². The predicted molar refractivity (Wildman–Crippen MR) is 33.0 cm³/mol. The third-order valence-electron chi connectivity index (χ3n) is 2.21. The second-order valence-electron chi connectivity index (χ2n) is 2.97. The number of hydrogen-bond donors (Lipinski definition) is 0. The molecule has 4 nitrogen and oxygen atoms in total. The van der Waals surface area contributed by atoms with Crippen molar-refractivity contribution in [3.8, 4) is 0 Å². The monoisotopic (exact) mass is 262 g/mol. The van der Waals surface area contributed by atoms with E-state index in [-0.39, 0.29) is 13.8 Å². The van der Waals surface area contributed by atoms with Crippen LogP contribution in [0.4, 0.5) is 35.9 Å². The number of rotatable bonds is 5. The van der Waals surface area contributed by atoms with Crippen LogP contribution in [-0.4, -0.2) is 32.7 Å². The van der Waals surface area contributed by atoms with Crippen molar-refractivity contribution in [1.29, 1.82) is 0 Å². The largest absolute Gasteiger partial charge is 0.234 e. The lowest BCUT2D eigenvalue weighted by molar-refractivity contribution is -0.481. The van der Waals surface area contributed by atoms with Crippen molar-refractivity contribution < 1.29 is 35.9 Å². The summed E-state index contributed by atoms with van der Waals surface area (Å²) in [7, 11) is 0. The van der Waals surface area contributed by atoms with Crippen molar-refractivity contribution >= 4 is 0 Å². The van der Waals surface area contributed by atoms with E-state index in [9.17, 15) is 35.9 Å². The molecule has 0 aromatic heterocycles. The number of halogens is 8. The normalized spacial score (nSPS) is 14.6. The summed E-state index contributed by atoms with van der Waals surface area (Å²) in [5, 5.41) is -9.76. The van der Waals surface area contributed by atoms with E-state index in [0.29, 0.717) is 0 Å². The van der Waals surface area contributed by atoms with Crippen LogP contribution in [0.1, 0.15) is 13.8 Å². The summed E-state index contributed by atoms with van der Waals surface area (Å²) in [6.07, 6.45) is 0. The average Bonchev–Trinajstić information content (AvgIpc) is 2.13. The summed E-state index contributed by atoms with van der Waals surface area (Å²) in [6, 6.07) is 0. The molecule has 16 heavy (non-hydrogen) atoms. The standard InChI is InChI=1S/C4H6F8N4/c1-3(13(5)6,14(7)8)4(2,15(9)10)16(11)12/h1-2H3. The summed E-state index contributed by atoms with van der Waals surface area (Å²) < 4.78 is 97.1. The van der Waals surface area contributed by atoms with Gasteiger partial charge in [0.25, 0.3) is 0 Å². The molecule has 0 aliphatic rings. The predicted octanol–water partition coefficient (Wildman–Crippen LogP) is 2.70. The molecule has 0 amide bonds. The van der Waals surface area contributed by atoms with Crippen LogP contribution in [-0.2, 0) is 0 Å². The third kappa shape index (κ3) is 1.92. The van der Waals surface area contributed by atoms with Crippen LogP contribution in [0.15, 0.2) is 0 Å². The van der Waals surface area contributed by atoms with Gasteiger partial charge in [-0.15, -0.1) is 0 Å². The molecule has 0 spiro atoms. The second-order valence-corrected chi connectivity index (χ2v) is 2.97. The van der Waals surface area contributed by atoms with Crippen molar-refractivity contribution in [2.24, 2.45) is 0 Å². The van der Waals surface area contributed by atoms with Gasteiger partial charge in [0.15, 0.2) is 0 Å². The molecule has 0 atom stereocenters. The zero-order chi connectivity index (χ0) is 13.3. The summed E-state index contributed by atoms with van der Waals surface area (Å²) in [6.45, 7) is -0.378. The summed E-state index contributed by atoms with van der Waals surface area (Å²) in [4.78, 5) is 0. The van der Waals surface area contributed by atoms with Gasteiger partial charge in [0.2, 0.25) is 11.3 Å². The number of hydrogen-bond acceptors (Lipinski definition) is 4. The highest BCUT2D eigenvalue weighted by molar-refractivity contribution is 4.93. The Labute approximate surface area is 83.7 Å². The molecule has 0 heterocycles. The first kappa shape index (κ1) is 15.3. The van der Waals surface area contributed by atoms with Crippen molar-refractivity contribution in [3.05, 3.63) is 0 Å². The Kier molecular flexibility index (Phi) is 4.44. The highest BCUT2D eigenvalue weighted by Crippen LogP contribution is 2.41. The number of nitrogens with zero attached hydrogens (tertiary/aromatic N) is 4. The first-order chi connectivity index (χ1) is 7.02. The lowest BCUT2D eigenvalue weighted by Gasteiger charge is -2.42. The molecule has 0 radical (unpaired) electrons. The first-order valence-electron chi connectivity index (χ1n) is 3.50. The fraction of sp³-hybridized carbons (Fsp3) is 1.00. The molecule has 0 aromatic carbocycles. The molecule has 12 heteroatoms. The Morgan fingerprint density at radius 1 is 0.500 bits per heavy atom. The Bertz CT molecular complexity index is 192. The van der Waals surface area contributed by atoms with Crippen molar-refractivity contribution in [2.45, 2.75) is 25.2 Å². The summed E-state index contributed by atoms with van der Waals surface area (Å²) in [5.74, 6) is 0. The van der Waals surface area contributed by atoms with Gasteiger partial charge in [-0.05, 0) is 13.8 Å². The Balaban J connectivity index is 5.64. The van der Waals surface area contributed by atoms with E-state index in [0.717, 1.165) is 0 Å². The van der Waals surface area contributed by atoms with E-state index in [1.165, 1.54) is 0 Å². The molecule has 0 rings (SSSR count). The molecule has 0 aromatic rings. The van der Waals surface area contributed by atoms with Crippen LogP contribution in [0.2, 0.25) is 0 Å². The quantitative estimate of drug-likeness (QED) is 0.429. The van der Waals surface area contributed by atoms with Gasteiger partial charge < -0.3 is 0 Å². The lowest BCUT2D eigenvalue weighted by Crippen LogP contribution is -2.70. The minimum absolute atomic E-state index is 0.189. The van der Waals surface area contributed by atoms with Crippen LogP contribution in [0.25, 0.3) is 0 Å². The lowest BCUT2D eigenvalue weighted by atomic mass is 9.99. The molecular weight excluding hydrogens is 256 g/mol. The van der Waals surface area contributed by atoms with Crippen molar-refractivity contribution in [3.63, 3.8) is 0 Å². The minimum atomic E-state index is -4.25. The van der Waals surface area contributed by atoms with Gasteiger partial charge in [-0.1, -0.05) is 35.9 Å². The van der Waals surface area contributed by atoms with Crippen LogP contribution in [0, 0.1) is 0 Å². The van der Waals surface area contributed by atoms with Gasteiger partial charge in [-0.2, -0.15) is 0 Å². The topological polar surface area (TPSA) is 13.0 Å². The first-order valence-corrected chi connectivity index (χ1v) is 3.50. The van der Waals surface area contributed by atoms with E-state index >= 15 is 0 Å². The van der Waals surface area contributed by atoms with Crippen LogP contribution in [0.5, 0.6) is 0 Å². The Morgan fingerprint density at radius 3 is 0.688 bits per heavy atom. The van der Waals surface area contributed by atoms with E-state index in [4.69, 9.17) is 0 Å². The minimum Gasteiger partial charge on any atom is -0.0992 e. The van der Waals surface area contributed by atoms with Gasteiger partial charge in [0.05, 0.1) is 21.4 Å². The van der Waals surface area contributed by atoms with E-state index in [1.807, 2.05) is 0 Å². The molecule has 0 N–H and O–H groups in total. The molecule has 0 saturated heterocycles. The average molecular weight is 262 g/mol. The van der Waals surface area contributed by atoms with Crippen LogP contribution >= 0.6 is 0 Å². The molecule has 0 saturated carbocycles. The zero-order valence-corrected chi connectivity index (χ0v) is 7.81. The van der Waals surface area contributed by atoms with Gasteiger partial charge in [-0.3, -0.25) is 0 Å². The smallest absolute Gasteiger partial charge is 0.0992 e. The summed E-state index contributed by atoms with van der Waals surface area (Å²) in [5.41, 5.74) is -8.50. The zero-order valence-electron chi connectivity index (χ0n) is 7.81. The maximum atomic E-state index is 12.1. The van der Waals surface area contributed by atoms with E-state index < -0.39 is 32.7 Å². The van der Waals surface area contributed by atoms with Gasteiger partial charge in [0.1, 0.15) is 0 Å². The molecule has 0 fully saturated rings. The van der Waals surface area contributed by atoms with E-state index in [2.05, 4.69) is 0 Å². The highest BCUT2D eigenvalue weighted by atomic mass is 19.4. The maximum Gasteiger partial charge on any atom is 0.234 e. The fourth-order valence-electron chi connectivity index (χ4n) is 0.755. The Morgan fingerprint density at radius 2 is 0.625 bits per heavy atom. The van der Waals surface area contributed by atoms with Gasteiger partial charge in [-0.25, -0.2) is 0 Å².